The van der Waals surface area contributed by atoms with E-state index in [2.05, 4.69) is 22.3 Å². The number of hydrogen-bond donors (Lipinski definition) is 1. The topological polar surface area (TPSA) is 52.5 Å². The summed E-state index contributed by atoms with van der Waals surface area (Å²) in [5.41, 5.74) is 4.50. The molecule has 0 aliphatic heterocycles. The summed E-state index contributed by atoms with van der Waals surface area (Å²) in [5, 5.41) is 7.66. The summed E-state index contributed by atoms with van der Waals surface area (Å²) in [6, 6.07) is 11.8. The van der Waals surface area contributed by atoms with Crippen LogP contribution in [-0.4, -0.2) is 9.97 Å². The monoisotopic (exact) mass is 223 g/mol. The number of H-pyrrole nitrogens is 1. The van der Waals surface area contributed by atoms with Crippen LogP contribution in [0.25, 0.3) is 11.4 Å². The van der Waals surface area contributed by atoms with Gasteiger partial charge in [0, 0.05) is 17.5 Å². The molecule has 0 saturated carbocycles. The zero-order chi connectivity index (χ0) is 12.5. The number of imidazole rings is 1. The van der Waals surface area contributed by atoms with Crippen LogP contribution in [0, 0.1) is 18.3 Å². The zero-order valence-corrected chi connectivity index (χ0v) is 9.64. The maximum absolute atomic E-state index is 7.66. The first kappa shape index (κ1) is 12.5. The highest BCUT2D eigenvalue weighted by molar-refractivity contribution is 5.54. The molecule has 0 aliphatic rings. The molecule has 1 aromatic carbocycles. The highest BCUT2D eigenvalue weighted by atomic mass is 14.9. The molecule has 1 aromatic heterocycles. The predicted molar refractivity (Wildman–Crippen MR) is 68.1 cm³/mol. The Labute approximate surface area is 101 Å². The van der Waals surface area contributed by atoms with Crippen molar-refractivity contribution >= 4 is 0 Å². The molecule has 1 heterocycles. The van der Waals surface area contributed by atoms with Gasteiger partial charge < -0.3 is 4.98 Å². The number of allylic oxidation sites excluding steroid dienone is 1. The van der Waals surface area contributed by atoms with E-state index in [1.807, 2.05) is 43.5 Å². The van der Waals surface area contributed by atoms with Gasteiger partial charge in [-0.15, -0.1) is 5.73 Å². The Morgan fingerprint density at radius 2 is 2.06 bits per heavy atom. The van der Waals surface area contributed by atoms with Gasteiger partial charge in [0.05, 0.1) is 12.1 Å². The van der Waals surface area contributed by atoms with E-state index in [0.717, 1.165) is 17.1 Å². The Morgan fingerprint density at radius 1 is 1.35 bits per heavy atom. The molecular formula is C14H13N3. The first-order valence-corrected chi connectivity index (χ1v) is 5.09. The number of rotatable bonds is 1. The second-order valence-electron chi connectivity index (χ2n) is 3.26. The van der Waals surface area contributed by atoms with Crippen LogP contribution in [0.1, 0.15) is 5.69 Å². The lowest BCUT2D eigenvalue weighted by Crippen LogP contribution is -1.78. The molecule has 3 nitrogen and oxygen atoms in total. The summed E-state index contributed by atoms with van der Waals surface area (Å²) >= 11 is 0. The molecular weight excluding hydrogens is 210 g/mol. The van der Waals surface area contributed by atoms with E-state index in [1.165, 1.54) is 6.08 Å². The minimum atomic E-state index is 0.938. The molecule has 0 atom stereocenters. The lowest BCUT2D eigenvalue weighted by Gasteiger charge is -1.93. The third-order valence-corrected chi connectivity index (χ3v) is 1.92. The first-order chi connectivity index (χ1) is 8.27. The van der Waals surface area contributed by atoms with Crippen molar-refractivity contribution in [3.05, 3.63) is 60.6 Å². The molecule has 0 unspecified atom stereocenters. The third-order valence-electron chi connectivity index (χ3n) is 1.92. The highest BCUT2D eigenvalue weighted by Gasteiger charge is 1.98. The van der Waals surface area contributed by atoms with Crippen molar-refractivity contribution in [3.8, 4) is 17.5 Å². The van der Waals surface area contributed by atoms with Gasteiger partial charge in [0.1, 0.15) is 5.82 Å². The van der Waals surface area contributed by atoms with Gasteiger partial charge in [-0.2, -0.15) is 5.26 Å². The van der Waals surface area contributed by atoms with E-state index in [-0.39, 0.29) is 0 Å². The van der Waals surface area contributed by atoms with Crippen molar-refractivity contribution in [1.82, 2.24) is 9.97 Å². The molecule has 0 fully saturated rings. The summed E-state index contributed by atoms with van der Waals surface area (Å²) in [7, 11) is 0. The van der Waals surface area contributed by atoms with Crippen LogP contribution in [0.3, 0.4) is 0 Å². The van der Waals surface area contributed by atoms with Crippen LogP contribution >= 0.6 is 0 Å². The summed E-state index contributed by atoms with van der Waals surface area (Å²) in [4.78, 5) is 7.41. The van der Waals surface area contributed by atoms with E-state index < -0.39 is 0 Å². The maximum Gasteiger partial charge on any atom is 0.137 e. The van der Waals surface area contributed by atoms with E-state index in [9.17, 15) is 0 Å². The largest absolute Gasteiger partial charge is 0.342 e. The predicted octanol–water partition coefficient (Wildman–Crippen LogP) is 3.24. The van der Waals surface area contributed by atoms with Crippen LogP contribution in [0.5, 0.6) is 0 Å². The number of aromatic nitrogens is 2. The Kier molecular flexibility index (Phi) is 5.03. The first-order valence-electron chi connectivity index (χ1n) is 5.09. The molecule has 0 radical (unpaired) electrons. The second-order valence-corrected chi connectivity index (χ2v) is 3.26. The Morgan fingerprint density at radius 3 is 2.47 bits per heavy atom. The van der Waals surface area contributed by atoms with Gasteiger partial charge in [0.25, 0.3) is 0 Å². The lowest BCUT2D eigenvalue weighted by atomic mass is 10.2. The number of hydrogen-bond acceptors (Lipinski definition) is 2. The van der Waals surface area contributed by atoms with Gasteiger partial charge in [-0.05, 0) is 6.92 Å². The molecule has 17 heavy (non-hydrogen) atoms. The smallest absolute Gasteiger partial charge is 0.137 e. The van der Waals surface area contributed by atoms with Crippen LogP contribution in [0.2, 0.25) is 0 Å². The van der Waals surface area contributed by atoms with Gasteiger partial charge in [0.2, 0.25) is 0 Å². The number of nitrogens with zero attached hydrogens (tertiary/aromatic N) is 2. The molecule has 0 amide bonds. The standard InChI is InChI=1S/C10H10N2.C4H3N/c1-8-7-11-10(12-8)9-5-3-2-4-6-9;1-2-3-4-5/h2-7H,1H3,(H,11,12);3H,1H2. The van der Waals surface area contributed by atoms with Crippen molar-refractivity contribution in [2.45, 2.75) is 6.92 Å². The van der Waals surface area contributed by atoms with E-state index in [0.29, 0.717) is 0 Å². The number of nitrogens with one attached hydrogen (secondary N) is 1. The summed E-state index contributed by atoms with van der Waals surface area (Å²) in [5.74, 6) is 0.938. The lowest BCUT2D eigenvalue weighted by molar-refractivity contribution is 1.26. The maximum atomic E-state index is 7.66. The van der Waals surface area contributed by atoms with Crippen molar-refractivity contribution in [2.75, 3.05) is 0 Å². The average molecular weight is 223 g/mol. The van der Waals surface area contributed by atoms with Crippen molar-refractivity contribution in [1.29, 1.82) is 5.26 Å². The number of aryl methyl sites for hydroxylation is 1. The highest BCUT2D eigenvalue weighted by Crippen LogP contribution is 2.13. The Bertz CT molecular complexity index is 540. The Balaban J connectivity index is 0.000000249. The fraction of sp³-hybridized carbons (Fsp3) is 0.0714. The molecule has 1 N–H and O–H groups in total. The summed E-state index contributed by atoms with van der Waals surface area (Å²) in [6.07, 6.45) is 3.03. The second kappa shape index (κ2) is 6.84. The van der Waals surface area contributed by atoms with Crippen LogP contribution in [0.4, 0.5) is 0 Å². The summed E-state index contributed by atoms with van der Waals surface area (Å²) in [6.45, 7) is 5.15. The zero-order valence-electron chi connectivity index (χ0n) is 9.64. The van der Waals surface area contributed by atoms with Gasteiger partial charge in [-0.25, -0.2) is 4.98 Å². The SMILES string of the molecule is C=C=CC#N.Cc1cnc(-c2ccccc2)[nH]1. The van der Waals surface area contributed by atoms with Gasteiger partial charge in [0.15, 0.2) is 0 Å². The molecule has 0 aliphatic carbocycles. The van der Waals surface area contributed by atoms with Gasteiger partial charge >= 0.3 is 0 Å². The molecule has 2 rings (SSSR count). The molecule has 2 aromatic rings. The number of nitriles is 1. The third kappa shape index (κ3) is 4.21. The number of aromatic amines is 1. The van der Waals surface area contributed by atoms with Crippen molar-refractivity contribution in [3.63, 3.8) is 0 Å². The van der Waals surface area contributed by atoms with Crippen LogP contribution in [0.15, 0.2) is 54.9 Å². The quantitative estimate of drug-likeness (QED) is 0.596. The van der Waals surface area contributed by atoms with E-state index >= 15 is 0 Å². The molecule has 0 spiro atoms. The van der Waals surface area contributed by atoms with Gasteiger partial charge in [-0.3, -0.25) is 0 Å². The van der Waals surface area contributed by atoms with Crippen molar-refractivity contribution in [2.24, 2.45) is 0 Å². The van der Waals surface area contributed by atoms with Crippen LogP contribution in [-0.2, 0) is 0 Å². The molecule has 0 saturated heterocycles. The fourth-order valence-corrected chi connectivity index (χ4v) is 1.20. The summed E-state index contributed by atoms with van der Waals surface area (Å²) < 4.78 is 0. The minimum Gasteiger partial charge on any atom is -0.342 e. The normalized spacial score (nSPS) is 8.24. The van der Waals surface area contributed by atoms with Crippen molar-refractivity contribution < 1.29 is 0 Å². The van der Waals surface area contributed by atoms with Gasteiger partial charge in [-0.1, -0.05) is 36.9 Å². The van der Waals surface area contributed by atoms with Crippen LogP contribution < -0.4 is 0 Å². The minimum absolute atomic E-state index is 0.938. The van der Waals surface area contributed by atoms with E-state index in [4.69, 9.17) is 5.26 Å². The Hall–Kier alpha value is -2.56. The van der Waals surface area contributed by atoms with E-state index in [1.54, 1.807) is 6.07 Å². The average Bonchev–Trinajstić information content (AvgIpc) is 2.79. The molecule has 0 bridgehead atoms. The number of benzene rings is 1. The fourth-order valence-electron chi connectivity index (χ4n) is 1.20. The molecule has 84 valence electrons. The molecule has 3 heteroatoms.